The molecule has 0 fully saturated rings. The van der Waals surface area contributed by atoms with E-state index in [0.717, 1.165) is 110 Å². The topological polar surface area (TPSA) is 59.9 Å². The highest BCUT2D eigenvalue weighted by molar-refractivity contribution is 6.25. The Morgan fingerprint density at radius 1 is 0.426 bits per heavy atom. The van der Waals surface area contributed by atoms with Crippen LogP contribution in [0.5, 0.6) is 0 Å². The van der Waals surface area contributed by atoms with Gasteiger partial charge in [-0.15, -0.1) is 0 Å². The lowest BCUT2D eigenvalue weighted by molar-refractivity contribution is 0.672. The Kier molecular flexibility index (Phi) is 5.78. The zero-order valence-corrected chi connectivity index (χ0v) is 28.7. The number of para-hydroxylation sites is 5. The number of nitrogens with zero attached hydrogens (tertiary/aromatic N) is 3. The van der Waals surface area contributed by atoms with E-state index in [1.807, 2.05) is 42.5 Å². The smallest absolute Gasteiger partial charge is 0.145 e. The molecule has 4 aromatic heterocycles. The van der Waals surface area contributed by atoms with Crippen molar-refractivity contribution in [2.45, 2.75) is 0 Å². The van der Waals surface area contributed by atoms with Crippen LogP contribution in [0.25, 0.3) is 110 Å². The van der Waals surface area contributed by atoms with Crippen molar-refractivity contribution in [2.75, 3.05) is 0 Å². The van der Waals surface area contributed by atoms with Crippen LogP contribution in [0.2, 0.25) is 0 Å². The number of hydrogen-bond acceptors (Lipinski definition) is 3. The van der Waals surface area contributed by atoms with Gasteiger partial charge in [-0.2, -0.15) is 5.26 Å². The normalized spacial score (nSPS) is 12.1. The number of furan rings is 2. The summed E-state index contributed by atoms with van der Waals surface area (Å²) in [7, 11) is 0. The van der Waals surface area contributed by atoms with Crippen molar-refractivity contribution < 1.29 is 8.83 Å². The number of hydrogen-bond donors (Lipinski definition) is 0. The minimum absolute atomic E-state index is 0.592. The van der Waals surface area contributed by atoms with Gasteiger partial charge in [0.2, 0.25) is 0 Å². The third-order valence-corrected chi connectivity index (χ3v) is 11.2. The highest BCUT2D eigenvalue weighted by Crippen LogP contribution is 2.44. The van der Waals surface area contributed by atoms with Gasteiger partial charge < -0.3 is 18.0 Å². The molecule has 12 aromatic rings. The zero-order valence-electron chi connectivity index (χ0n) is 28.7. The second-order valence-electron chi connectivity index (χ2n) is 13.9. The van der Waals surface area contributed by atoms with Crippen LogP contribution in [0.1, 0.15) is 5.56 Å². The third kappa shape index (κ3) is 3.81. The predicted octanol–water partition coefficient (Wildman–Crippen LogP) is 13.2. The van der Waals surface area contributed by atoms with Crippen LogP contribution >= 0.6 is 0 Å². The van der Waals surface area contributed by atoms with Crippen molar-refractivity contribution >= 4 is 87.5 Å². The molecule has 0 bridgehead atoms. The van der Waals surface area contributed by atoms with Gasteiger partial charge in [0.1, 0.15) is 28.4 Å². The minimum atomic E-state index is 0.592. The van der Waals surface area contributed by atoms with E-state index < -0.39 is 0 Å². The Labute approximate surface area is 307 Å². The van der Waals surface area contributed by atoms with E-state index in [9.17, 15) is 5.26 Å². The molecule has 0 aliphatic heterocycles. The molecule has 5 nitrogen and oxygen atoms in total. The molecule has 8 aromatic carbocycles. The van der Waals surface area contributed by atoms with Crippen LogP contribution in [-0.2, 0) is 0 Å². The van der Waals surface area contributed by atoms with Crippen LogP contribution in [-0.4, -0.2) is 9.13 Å². The maximum atomic E-state index is 10.7. The van der Waals surface area contributed by atoms with E-state index in [1.165, 1.54) is 0 Å². The number of benzene rings is 8. The maximum absolute atomic E-state index is 10.7. The van der Waals surface area contributed by atoms with E-state index in [1.54, 1.807) is 0 Å². The summed E-state index contributed by atoms with van der Waals surface area (Å²) in [5, 5.41) is 19.4. The molecule has 4 heterocycles. The van der Waals surface area contributed by atoms with E-state index in [4.69, 9.17) is 8.83 Å². The van der Waals surface area contributed by atoms with Gasteiger partial charge in [0.15, 0.2) is 0 Å². The molecule has 54 heavy (non-hydrogen) atoms. The lowest BCUT2D eigenvalue weighted by Crippen LogP contribution is -2.01. The molecule has 5 heteroatoms. The summed E-state index contributed by atoms with van der Waals surface area (Å²) in [5.74, 6) is 0. The first-order valence-corrected chi connectivity index (χ1v) is 18.1. The van der Waals surface area contributed by atoms with Gasteiger partial charge in [-0.3, -0.25) is 0 Å². The van der Waals surface area contributed by atoms with Crippen LogP contribution < -0.4 is 0 Å². The lowest BCUT2D eigenvalue weighted by atomic mass is 9.99. The zero-order chi connectivity index (χ0) is 35.5. The summed E-state index contributed by atoms with van der Waals surface area (Å²) >= 11 is 0. The van der Waals surface area contributed by atoms with Gasteiger partial charge >= 0.3 is 0 Å². The van der Waals surface area contributed by atoms with Crippen molar-refractivity contribution in [1.82, 2.24) is 9.13 Å². The number of rotatable bonds is 3. The van der Waals surface area contributed by atoms with Gasteiger partial charge in [0, 0.05) is 43.6 Å². The minimum Gasteiger partial charge on any atom is -0.455 e. The number of nitriles is 1. The molecule has 0 saturated carbocycles. The average molecular weight is 690 g/mol. The Morgan fingerprint density at radius 3 is 1.59 bits per heavy atom. The van der Waals surface area contributed by atoms with Crippen molar-refractivity contribution in [3.8, 4) is 28.6 Å². The largest absolute Gasteiger partial charge is 0.455 e. The van der Waals surface area contributed by atoms with E-state index in [-0.39, 0.29) is 0 Å². The summed E-state index contributed by atoms with van der Waals surface area (Å²) in [5.41, 5.74) is 12.1. The summed E-state index contributed by atoms with van der Waals surface area (Å²) in [4.78, 5) is 0. The molecule has 250 valence electrons. The molecule has 0 atom stereocenters. The molecule has 0 aliphatic carbocycles. The number of aromatic nitrogens is 2. The summed E-state index contributed by atoms with van der Waals surface area (Å²) < 4.78 is 17.7. The molecule has 12 rings (SSSR count). The van der Waals surface area contributed by atoms with Gasteiger partial charge in [-0.1, -0.05) is 97.1 Å². The second kappa shape index (κ2) is 10.7. The monoisotopic (exact) mass is 689 g/mol. The van der Waals surface area contributed by atoms with E-state index >= 15 is 0 Å². The third-order valence-electron chi connectivity index (χ3n) is 11.2. The average Bonchev–Trinajstić information content (AvgIpc) is 3.98. The van der Waals surface area contributed by atoms with Crippen molar-refractivity contribution in [3.63, 3.8) is 0 Å². The van der Waals surface area contributed by atoms with Gasteiger partial charge in [-0.25, -0.2) is 0 Å². The van der Waals surface area contributed by atoms with Gasteiger partial charge in [-0.05, 0) is 72.3 Å². The Bertz CT molecular complexity index is 3590. The Balaban J connectivity index is 1.13. The van der Waals surface area contributed by atoms with Crippen LogP contribution in [0.3, 0.4) is 0 Å². The van der Waals surface area contributed by atoms with E-state index in [0.29, 0.717) is 5.56 Å². The summed E-state index contributed by atoms with van der Waals surface area (Å²) in [6, 6.07) is 59.3. The quantitative estimate of drug-likeness (QED) is 0.185. The molecule has 0 aliphatic rings. The van der Waals surface area contributed by atoms with Crippen molar-refractivity contribution in [2.24, 2.45) is 0 Å². The van der Waals surface area contributed by atoms with Gasteiger partial charge in [0.25, 0.3) is 0 Å². The van der Waals surface area contributed by atoms with Crippen LogP contribution in [0.15, 0.2) is 173 Å². The highest BCUT2D eigenvalue weighted by atomic mass is 16.3. The summed E-state index contributed by atoms with van der Waals surface area (Å²) in [6.45, 7) is 0. The Hall–Kier alpha value is -7.55. The van der Waals surface area contributed by atoms with Crippen molar-refractivity contribution in [3.05, 3.63) is 169 Å². The summed E-state index contributed by atoms with van der Waals surface area (Å²) in [6.07, 6.45) is 0. The van der Waals surface area contributed by atoms with Gasteiger partial charge in [0.05, 0.1) is 44.1 Å². The van der Waals surface area contributed by atoms with Crippen LogP contribution in [0.4, 0.5) is 0 Å². The fraction of sp³-hybridized carbons (Fsp3) is 0. The molecule has 0 amide bonds. The highest BCUT2D eigenvalue weighted by Gasteiger charge is 2.23. The molecular weight excluding hydrogens is 663 g/mol. The molecule has 0 N–H and O–H groups in total. The standard InChI is InChI=1S/C49H27N3O2/c50-28-30-12-10-18-32(47(30)52-40-20-6-2-17-38(40)46-42(52)26-24-36-34-15-4-8-22-44(34)54-49(36)46)29-11-9-13-31(27-29)51-39-19-5-1-16-37(39)45-41(51)25-23-35-33-14-3-7-21-43(33)53-48(35)45/h1-27H. The Morgan fingerprint density at radius 2 is 0.963 bits per heavy atom. The van der Waals surface area contributed by atoms with E-state index in [2.05, 4.69) is 137 Å². The first kappa shape index (κ1) is 29.1. The number of fused-ring (bicyclic) bond motifs is 14. The molecular formula is C49H27N3O2. The molecule has 0 saturated heterocycles. The predicted molar refractivity (Wildman–Crippen MR) is 220 cm³/mol. The lowest BCUT2D eigenvalue weighted by Gasteiger charge is -2.17. The molecule has 0 spiro atoms. The maximum Gasteiger partial charge on any atom is 0.145 e. The molecule has 0 unspecified atom stereocenters. The fourth-order valence-electron chi connectivity index (χ4n) is 8.91. The van der Waals surface area contributed by atoms with Crippen LogP contribution in [0, 0.1) is 11.3 Å². The molecule has 0 radical (unpaired) electrons. The first-order valence-electron chi connectivity index (χ1n) is 18.1. The fourth-order valence-corrected chi connectivity index (χ4v) is 8.91. The first-order chi connectivity index (χ1) is 26.8. The second-order valence-corrected chi connectivity index (χ2v) is 13.9. The van der Waals surface area contributed by atoms with Crippen molar-refractivity contribution in [1.29, 1.82) is 5.26 Å². The SMILES string of the molecule is N#Cc1cccc(-c2cccc(-n3c4ccccc4c4c5oc6ccccc6c5ccc43)c2)c1-n1c2ccccc2c2c3oc4ccccc4c3ccc21.